The highest BCUT2D eigenvalue weighted by atomic mass is 19.1. The van der Waals surface area contributed by atoms with Gasteiger partial charge in [0.05, 0.1) is 11.8 Å². The molecule has 2 aromatic carbocycles. The highest BCUT2D eigenvalue weighted by molar-refractivity contribution is 5.95. The molecule has 2 rings (SSSR count). The first-order valence-electron chi connectivity index (χ1n) is 5.82. The molecule has 0 saturated carbocycles. The summed E-state index contributed by atoms with van der Waals surface area (Å²) in [5.74, 6) is -1.13. The molecule has 1 amide bonds. The van der Waals surface area contributed by atoms with Crippen LogP contribution in [0, 0.1) is 12.7 Å². The molecule has 0 unspecified atom stereocenters. The fourth-order valence-electron chi connectivity index (χ4n) is 1.60. The summed E-state index contributed by atoms with van der Waals surface area (Å²) in [5, 5.41) is 3.83. The van der Waals surface area contributed by atoms with Crippen LogP contribution in [0.3, 0.4) is 0 Å². The zero-order valence-corrected chi connectivity index (χ0v) is 10.4. The Balaban J connectivity index is 2.06. The second kappa shape index (κ2) is 5.91. The van der Waals surface area contributed by atoms with Crippen molar-refractivity contribution in [2.24, 2.45) is 5.10 Å². The van der Waals surface area contributed by atoms with E-state index in [0.29, 0.717) is 0 Å². The number of amides is 1. The van der Waals surface area contributed by atoms with Gasteiger partial charge in [0.2, 0.25) is 0 Å². The Kier molecular flexibility index (Phi) is 4.03. The number of carbonyl (C=O) groups excluding carboxylic acids is 1. The lowest BCUT2D eigenvalue weighted by Gasteiger charge is -2.01. The lowest BCUT2D eigenvalue weighted by Crippen LogP contribution is -2.19. The van der Waals surface area contributed by atoms with Gasteiger partial charge in [-0.3, -0.25) is 4.79 Å². The number of nitrogens with one attached hydrogen (secondary N) is 1. The Morgan fingerprint density at radius 3 is 2.58 bits per heavy atom. The van der Waals surface area contributed by atoms with E-state index < -0.39 is 11.7 Å². The number of hydrazone groups is 1. The SMILES string of the molecule is Cc1ccccc1/C=N/NC(=O)c1ccccc1F. The lowest BCUT2D eigenvalue weighted by atomic mass is 10.1. The van der Waals surface area contributed by atoms with Crippen molar-refractivity contribution in [2.75, 3.05) is 0 Å². The topological polar surface area (TPSA) is 41.5 Å². The molecule has 0 spiro atoms. The molecule has 0 bridgehead atoms. The molecule has 0 aliphatic carbocycles. The summed E-state index contributed by atoms with van der Waals surface area (Å²) in [5.41, 5.74) is 4.23. The van der Waals surface area contributed by atoms with E-state index in [9.17, 15) is 9.18 Å². The van der Waals surface area contributed by atoms with Crippen molar-refractivity contribution >= 4 is 12.1 Å². The molecule has 4 heteroatoms. The van der Waals surface area contributed by atoms with Crippen LogP contribution in [0.1, 0.15) is 21.5 Å². The minimum absolute atomic E-state index is 0.0237. The highest BCUT2D eigenvalue weighted by Gasteiger charge is 2.08. The third-order valence-electron chi connectivity index (χ3n) is 2.68. The van der Waals surface area contributed by atoms with Crippen LogP contribution in [0.2, 0.25) is 0 Å². The third kappa shape index (κ3) is 3.25. The minimum Gasteiger partial charge on any atom is -0.267 e. The van der Waals surface area contributed by atoms with E-state index in [0.717, 1.165) is 11.1 Å². The molecule has 0 aromatic heterocycles. The largest absolute Gasteiger partial charge is 0.274 e. The van der Waals surface area contributed by atoms with Gasteiger partial charge < -0.3 is 0 Å². The number of aryl methyl sites for hydroxylation is 1. The Labute approximate surface area is 110 Å². The number of benzene rings is 2. The van der Waals surface area contributed by atoms with Gasteiger partial charge in [0.1, 0.15) is 5.82 Å². The number of halogens is 1. The number of carbonyl (C=O) groups is 1. The molecular formula is C15H13FN2O. The Bertz CT molecular complexity index is 623. The summed E-state index contributed by atoms with van der Waals surface area (Å²) in [6.07, 6.45) is 1.54. The summed E-state index contributed by atoms with van der Waals surface area (Å²) in [6.45, 7) is 1.94. The maximum atomic E-state index is 13.3. The van der Waals surface area contributed by atoms with Crippen LogP contribution in [0.5, 0.6) is 0 Å². The van der Waals surface area contributed by atoms with Crippen molar-refractivity contribution in [3.63, 3.8) is 0 Å². The summed E-state index contributed by atoms with van der Waals surface area (Å²) in [6, 6.07) is 13.4. The second-order valence-corrected chi connectivity index (χ2v) is 4.04. The fourth-order valence-corrected chi connectivity index (χ4v) is 1.60. The van der Waals surface area contributed by atoms with Gasteiger partial charge in [0, 0.05) is 0 Å². The van der Waals surface area contributed by atoms with E-state index >= 15 is 0 Å². The molecule has 2 aromatic rings. The average molecular weight is 256 g/mol. The number of hydrogen-bond acceptors (Lipinski definition) is 2. The van der Waals surface area contributed by atoms with Crippen molar-refractivity contribution in [1.29, 1.82) is 0 Å². The van der Waals surface area contributed by atoms with Crippen LogP contribution in [-0.2, 0) is 0 Å². The van der Waals surface area contributed by atoms with Gasteiger partial charge in [-0.05, 0) is 30.2 Å². The van der Waals surface area contributed by atoms with Gasteiger partial charge >= 0.3 is 0 Å². The molecule has 3 nitrogen and oxygen atoms in total. The van der Waals surface area contributed by atoms with Crippen LogP contribution < -0.4 is 5.43 Å². The smallest absolute Gasteiger partial charge is 0.267 e. The van der Waals surface area contributed by atoms with E-state index in [1.54, 1.807) is 6.07 Å². The first-order valence-corrected chi connectivity index (χ1v) is 5.82. The molecule has 1 N–H and O–H groups in total. The fraction of sp³-hybridized carbons (Fsp3) is 0.0667. The number of hydrogen-bond donors (Lipinski definition) is 1. The molecular weight excluding hydrogens is 243 g/mol. The third-order valence-corrected chi connectivity index (χ3v) is 2.68. The molecule has 96 valence electrons. The highest BCUT2D eigenvalue weighted by Crippen LogP contribution is 2.06. The quantitative estimate of drug-likeness (QED) is 0.665. The van der Waals surface area contributed by atoms with Gasteiger partial charge in [-0.1, -0.05) is 36.4 Å². The summed E-state index contributed by atoms with van der Waals surface area (Å²) >= 11 is 0. The first-order chi connectivity index (χ1) is 9.18. The molecule has 0 atom stereocenters. The monoisotopic (exact) mass is 256 g/mol. The predicted molar refractivity (Wildman–Crippen MR) is 72.6 cm³/mol. The van der Waals surface area contributed by atoms with Crippen molar-refractivity contribution in [1.82, 2.24) is 5.43 Å². The molecule has 0 aliphatic rings. The van der Waals surface area contributed by atoms with Gasteiger partial charge in [-0.25, -0.2) is 9.82 Å². The van der Waals surface area contributed by atoms with Crippen molar-refractivity contribution < 1.29 is 9.18 Å². The van der Waals surface area contributed by atoms with E-state index in [1.165, 1.54) is 24.4 Å². The predicted octanol–water partition coefficient (Wildman–Crippen LogP) is 2.90. The maximum absolute atomic E-state index is 13.3. The molecule has 0 radical (unpaired) electrons. The van der Waals surface area contributed by atoms with Gasteiger partial charge in [-0.15, -0.1) is 0 Å². The molecule has 19 heavy (non-hydrogen) atoms. The molecule has 0 fully saturated rings. The zero-order valence-electron chi connectivity index (χ0n) is 10.4. The Morgan fingerprint density at radius 1 is 1.16 bits per heavy atom. The normalized spacial score (nSPS) is 10.6. The summed E-state index contributed by atoms with van der Waals surface area (Å²) < 4.78 is 13.3. The van der Waals surface area contributed by atoms with Crippen LogP contribution in [0.15, 0.2) is 53.6 Å². The number of nitrogens with zero attached hydrogens (tertiary/aromatic N) is 1. The van der Waals surface area contributed by atoms with Gasteiger partial charge in [0.25, 0.3) is 5.91 Å². The molecule has 0 aliphatic heterocycles. The van der Waals surface area contributed by atoms with Crippen molar-refractivity contribution in [3.05, 3.63) is 71.0 Å². The van der Waals surface area contributed by atoms with Crippen molar-refractivity contribution in [3.8, 4) is 0 Å². The Morgan fingerprint density at radius 2 is 1.84 bits per heavy atom. The van der Waals surface area contributed by atoms with Crippen LogP contribution in [-0.4, -0.2) is 12.1 Å². The zero-order chi connectivity index (χ0) is 13.7. The molecule has 0 saturated heterocycles. The lowest BCUT2D eigenvalue weighted by molar-refractivity contribution is 0.0951. The van der Waals surface area contributed by atoms with E-state index in [1.807, 2.05) is 31.2 Å². The maximum Gasteiger partial charge on any atom is 0.274 e. The average Bonchev–Trinajstić information content (AvgIpc) is 2.41. The summed E-state index contributed by atoms with van der Waals surface area (Å²) in [7, 11) is 0. The Hall–Kier alpha value is -2.49. The van der Waals surface area contributed by atoms with E-state index in [2.05, 4.69) is 10.5 Å². The van der Waals surface area contributed by atoms with Crippen LogP contribution >= 0.6 is 0 Å². The number of rotatable bonds is 3. The second-order valence-electron chi connectivity index (χ2n) is 4.04. The molecule has 0 heterocycles. The van der Waals surface area contributed by atoms with E-state index in [4.69, 9.17) is 0 Å². The minimum atomic E-state index is -0.567. The first kappa shape index (κ1) is 13.0. The standard InChI is InChI=1S/C15H13FN2O/c1-11-6-2-3-7-12(11)10-17-18-15(19)13-8-4-5-9-14(13)16/h2-10H,1H3,(H,18,19)/b17-10+. The van der Waals surface area contributed by atoms with Gasteiger partial charge in [0.15, 0.2) is 0 Å². The summed E-state index contributed by atoms with van der Waals surface area (Å²) in [4.78, 5) is 11.7. The van der Waals surface area contributed by atoms with Crippen LogP contribution in [0.25, 0.3) is 0 Å². The van der Waals surface area contributed by atoms with Crippen molar-refractivity contribution in [2.45, 2.75) is 6.92 Å². The van der Waals surface area contributed by atoms with E-state index in [-0.39, 0.29) is 5.56 Å². The van der Waals surface area contributed by atoms with Gasteiger partial charge in [-0.2, -0.15) is 5.10 Å². The van der Waals surface area contributed by atoms with Crippen LogP contribution in [0.4, 0.5) is 4.39 Å².